The van der Waals surface area contributed by atoms with Crippen LogP contribution in [0.25, 0.3) is 11.1 Å². The maximum atomic E-state index is 13.4. The molecule has 0 unspecified atom stereocenters. The Kier molecular flexibility index (Phi) is 2.14. The van der Waals surface area contributed by atoms with Gasteiger partial charge in [0.15, 0.2) is 0 Å². The molecular formula is C11H9FN2. The van der Waals surface area contributed by atoms with Gasteiger partial charge in [0.25, 0.3) is 0 Å². The Morgan fingerprint density at radius 1 is 1.21 bits per heavy atom. The van der Waals surface area contributed by atoms with Crippen molar-refractivity contribution in [1.29, 1.82) is 0 Å². The first kappa shape index (κ1) is 8.69. The van der Waals surface area contributed by atoms with Gasteiger partial charge in [0.05, 0.1) is 0 Å². The molecular weight excluding hydrogens is 179 g/mol. The molecule has 70 valence electrons. The van der Waals surface area contributed by atoms with Crippen LogP contribution in [0.4, 0.5) is 10.1 Å². The van der Waals surface area contributed by atoms with Crippen molar-refractivity contribution >= 4 is 5.69 Å². The van der Waals surface area contributed by atoms with Crippen LogP contribution < -0.4 is 5.73 Å². The van der Waals surface area contributed by atoms with Crippen molar-refractivity contribution in [3.8, 4) is 11.1 Å². The van der Waals surface area contributed by atoms with Crippen LogP contribution in [-0.2, 0) is 0 Å². The van der Waals surface area contributed by atoms with E-state index in [-0.39, 0.29) is 5.82 Å². The third kappa shape index (κ3) is 1.57. The number of halogens is 1. The van der Waals surface area contributed by atoms with Crippen molar-refractivity contribution in [2.45, 2.75) is 0 Å². The van der Waals surface area contributed by atoms with E-state index in [2.05, 4.69) is 4.98 Å². The van der Waals surface area contributed by atoms with Gasteiger partial charge >= 0.3 is 0 Å². The predicted octanol–water partition coefficient (Wildman–Crippen LogP) is 2.47. The van der Waals surface area contributed by atoms with Crippen LogP contribution >= 0.6 is 0 Å². The van der Waals surface area contributed by atoms with E-state index in [1.165, 1.54) is 12.1 Å². The van der Waals surface area contributed by atoms with Crippen LogP contribution in [0.5, 0.6) is 0 Å². The van der Waals surface area contributed by atoms with Crippen molar-refractivity contribution in [1.82, 2.24) is 4.98 Å². The highest BCUT2D eigenvalue weighted by Crippen LogP contribution is 2.23. The zero-order valence-corrected chi connectivity index (χ0v) is 7.44. The largest absolute Gasteiger partial charge is 0.399 e. The quantitative estimate of drug-likeness (QED) is 0.698. The first-order valence-electron chi connectivity index (χ1n) is 4.23. The number of nitrogen functional groups attached to an aromatic ring is 1. The number of pyridine rings is 1. The van der Waals surface area contributed by atoms with Crippen LogP contribution in [-0.4, -0.2) is 4.98 Å². The van der Waals surface area contributed by atoms with Crippen LogP contribution in [0.3, 0.4) is 0 Å². The molecule has 0 bridgehead atoms. The van der Waals surface area contributed by atoms with Crippen LogP contribution in [0.15, 0.2) is 42.7 Å². The number of hydrogen-bond acceptors (Lipinski definition) is 2. The fourth-order valence-corrected chi connectivity index (χ4v) is 1.29. The summed E-state index contributed by atoms with van der Waals surface area (Å²) in [7, 11) is 0. The zero-order valence-electron chi connectivity index (χ0n) is 7.44. The zero-order chi connectivity index (χ0) is 9.97. The number of hydrogen-bond donors (Lipinski definition) is 1. The van der Waals surface area contributed by atoms with E-state index < -0.39 is 0 Å². The number of benzene rings is 1. The predicted molar refractivity (Wildman–Crippen MR) is 54.0 cm³/mol. The Morgan fingerprint density at radius 2 is 2.07 bits per heavy atom. The maximum absolute atomic E-state index is 13.4. The lowest BCUT2D eigenvalue weighted by atomic mass is 10.1. The van der Waals surface area contributed by atoms with Crippen LogP contribution in [0, 0.1) is 5.82 Å². The van der Waals surface area contributed by atoms with Gasteiger partial charge in [-0.1, -0.05) is 6.07 Å². The van der Waals surface area contributed by atoms with Gasteiger partial charge in [-0.25, -0.2) is 4.39 Å². The smallest absolute Gasteiger partial charge is 0.131 e. The van der Waals surface area contributed by atoms with E-state index in [0.29, 0.717) is 11.3 Å². The number of aromatic nitrogens is 1. The number of anilines is 1. The van der Waals surface area contributed by atoms with Crippen molar-refractivity contribution in [2.75, 3.05) is 5.73 Å². The van der Waals surface area contributed by atoms with E-state index in [4.69, 9.17) is 5.73 Å². The lowest BCUT2D eigenvalue weighted by Gasteiger charge is -2.03. The second-order valence-corrected chi connectivity index (χ2v) is 2.98. The summed E-state index contributed by atoms with van der Waals surface area (Å²) in [5.74, 6) is -0.285. The van der Waals surface area contributed by atoms with Gasteiger partial charge in [-0.3, -0.25) is 4.98 Å². The van der Waals surface area contributed by atoms with E-state index >= 15 is 0 Å². The lowest BCUT2D eigenvalue weighted by molar-refractivity contribution is 0.631. The Labute approximate surface area is 81.2 Å². The molecule has 0 aliphatic carbocycles. The van der Waals surface area contributed by atoms with Crippen LogP contribution in [0.1, 0.15) is 0 Å². The molecule has 1 heterocycles. The highest BCUT2D eigenvalue weighted by atomic mass is 19.1. The first-order chi connectivity index (χ1) is 6.77. The van der Waals surface area contributed by atoms with Crippen molar-refractivity contribution < 1.29 is 4.39 Å². The van der Waals surface area contributed by atoms with Gasteiger partial charge in [-0.15, -0.1) is 0 Å². The molecule has 0 fully saturated rings. The summed E-state index contributed by atoms with van der Waals surface area (Å²) in [6, 6.07) is 8.06. The maximum Gasteiger partial charge on any atom is 0.131 e. The third-order valence-corrected chi connectivity index (χ3v) is 1.96. The molecule has 2 nitrogen and oxygen atoms in total. The molecule has 0 spiro atoms. The average Bonchev–Trinajstić information content (AvgIpc) is 2.23. The molecule has 3 heteroatoms. The third-order valence-electron chi connectivity index (χ3n) is 1.96. The SMILES string of the molecule is Nc1ccc(F)c(-c2cccnc2)c1. The minimum Gasteiger partial charge on any atom is -0.399 e. The van der Waals surface area contributed by atoms with Gasteiger partial charge in [0.2, 0.25) is 0 Å². The Morgan fingerprint density at radius 3 is 2.79 bits per heavy atom. The number of rotatable bonds is 1. The summed E-state index contributed by atoms with van der Waals surface area (Å²) in [4.78, 5) is 3.92. The summed E-state index contributed by atoms with van der Waals surface area (Å²) in [6.07, 6.45) is 3.26. The average molecular weight is 188 g/mol. The second-order valence-electron chi connectivity index (χ2n) is 2.98. The van der Waals surface area contributed by atoms with Crippen molar-refractivity contribution in [3.63, 3.8) is 0 Å². The monoisotopic (exact) mass is 188 g/mol. The second kappa shape index (κ2) is 3.46. The molecule has 0 saturated heterocycles. The topological polar surface area (TPSA) is 38.9 Å². The first-order valence-corrected chi connectivity index (χ1v) is 4.23. The van der Waals surface area contributed by atoms with Gasteiger partial charge in [-0.05, 0) is 24.3 Å². The fraction of sp³-hybridized carbons (Fsp3) is 0. The van der Waals surface area contributed by atoms with E-state index in [1.807, 2.05) is 0 Å². The molecule has 0 atom stereocenters. The molecule has 2 N–H and O–H groups in total. The standard InChI is InChI=1S/C11H9FN2/c12-11-4-3-9(13)6-10(11)8-2-1-5-14-7-8/h1-7H,13H2. The fourth-order valence-electron chi connectivity index (χ4n) is 1.29. The lowest BCUT2D eigenvalue weighted by Crippen LogP contribution is -1.89. The highest BCUT2D eigenvalue weighted by molar-refractivity contribution is 5.67. The molecule has 0 saturated carbocycles. The molecule has 2 aromatic rings. The van der Waals surface area contributed by atoms with E-state index in [1.54, 1.807) is 30.6 Å². The molecule has 2 rings (SSSR count). The molecule has 0 aliphatic heterocycles. The van der Waals surface area contributed by atoms with Gasteiger partial charge in [-0.2, -0.15) is 0 Å². The van der Waals surface area contributed by atoms with Crippen LogP contribution in [0.2, 0.25) is 0 Å². The highest BCUT2D eigenvalue weighted by Gasteiger charge is 2.04. The van der Waals surface area contributed by atoms with E-state index in [9.17, 15) is 4.39 Å². The molecule has 0 radical (unpaired) electrons. The van der Waals surface area contributed by atoms with Gasteiger partial charge in [0.1, 0.15) is 5.82 Å². The summed E-state index contributed by atoms with van der Waals surface area (Å²) >= 11 is 0. The van der Waals surface area contributed by atoms with E-state index in [0.717, 1.165) is 5.56 Å². The van der Waals surface area contributed by atoms with Gasteiger partial charge in [0, 0.05) is 29.2 Å². The summed E-state index contributed by atoms with van der Waals surface area (Å²) in [5.41, 5.74) is 7.34. The van der Waals surface area contributed by atoms with Crippen molar-refractivity contribution in [3.05, 3.63) is 48.5 Å². The molecule has 14 heavy (non-hydrogen) atoms. The van der Waals surface area contributed by atoms with Gasteiger partial charge < -0.3 is 5.73 Å². The Hall–Kier alpha value is -1.90. The molecule has 0 aliphatic rings. The Bertz CT molecular complexity index is 440. The Balaban J connectivity index is 2.57. The molecule has 0 amide bonds. The molecule has 1 aromatic carbocycles. The number of nitrogens with two attached hydrogens (primary N) is 1. The number of nitrogens with zero attached hydrogens (tertiary/aromatic N) is 1. The summed E-state index contributed by atoms with van der Waals surface area (Å²) in [5, 5.41) is 0. The molecule has 1 aromatic heterocycles. The van der Waals surface area contributed by atoms with Crippen molar-refractivity contribution in [2.24, 2.45) is 0 Å². The summed E-state index contributed by atoms with van der Waals surface area (Å²) in [6.45, 7) is 0. The minimum atomic E-state index is -0.285. The normalized spacial score (nSPS) is 10.1. The summed E-state index contributed by atoms with van der Waals surface area (Å²) < 4.78 is 13.4. The minimum absolute atomic E-state index is 0.285.